The molecule has 0 aliphatic carbocycles. The second-order valence-electron chi connectivity index (χ2n) is 13.0. The Kier molecular flexibility index (Phi) is 14.8. The topological polar surface area (TPSA) is 386 Å². The molecule has 5 aromatic heterocycles. The maximum atomic E-state index is 12.3. The van der Waals surface area contributed by atoms with E-state index in [1.807, 2.05) is 0 Å². The minimum Gasteiger partial charge on any atom is -0.481 e. The molecule has 0 fully saturated rings. The normalized spacial score (nSPS) is 12.1. The number of fused-ring (bicyclic) bond motifs is 2. The van der Waals surface area contributed by atoms with Crippen LogP contribution < -0.4 is 33.2 Å². The lowest BCUT2D eigenvalue weighted by Gasteiger charge is -2.18. The third-order valence-electron chi connectivity index (χ3n) is 8.28. The number of aryl methyl sites for hydroxylation is 2. The fourth-order valence-electron chi connectivity index (χ4n) is 5.60. The highest BCUT2D eigenvalue weighted by atomic mass is 32.1. The lowest BCUT2D eigenvalue weighted by atomic mass is 10.1. The lowest BCUT2D eigenvalue weighted by molar-refractivity contribution is -0.143. The van der Waals surface area contributed by atoms with Crippen LogP contribution in [0, 0.1) is 0 Å². The first kappa shape index (κ1) is 43.6. The molecule has 0 aliphatic heterocycles. The number of carbonyl (C=O) groups excluding carboxylic acids is 2. The number of hydrogen-bond acceptors (Lipinski definition) is 14. The average Bonchev–Trinajstić information content (AvgIpc) is 3.87. The van der Waals surface area contributed by atoms with Gasteiger partial charge in [0.25, 0.3) is 17.0 Å². The number of nitrogens with two attached hydrogens (primary N) is 2. The second kappa shape index (κ2) is 19.7. The van der Waals surface area contributed by atoms with Crippen LogP contribution in [0.25, 0.3) is 22.1 Å². The smallest absolute Gasteiger partial charge is 0.326 e. The van der Waals surface area contributed by atoms with Gasteiger partial charge in [-0.25, -0.2) is 9.59 Å². The number of nitrogen functional groups attached to an aromatic ring is 2. The van der Waals surface area contributed by atoms with Crippen LogP contribution >= 0.6 is 11.3 Å². The van der Waals surface area contributed by atoms with Crippen LogP contribution in [-0.4, -0.2) is 117 Å². The standard InChI is InChI=1S/C19H21N5O6S.C15H20N6O6/c20-19-23-15-11(16(27)24-19)8-9(21-15)2-1-3-10-4-6-13(31-10)17(28)22-12(18(29)30)5-7-14(25)26;1-21(6-10(22)18-9(14(26)27)2-3-11(23)24)5-7-4-8-12(17-7)19-15(16)20-13(8)25/h4,6,8,12H,1-3,5,7H2,(H,22,28)(H,25,26)(H,29,30)(H4,20,21,23,24,27);4,9H,2-3,5-6H2,1H3,(H,18,22)(H,23,24)(H,26,27)(H4,16,17,19,20,25)/t12-;9-/m00/s1. The maximum Gasteiger partial charge on any atom is 0.326 e. The fraction of sp³-hybridized carbons (Fsp3) is 0.353. The van der Waals surface area contributed by atoms with Crippen LogP contribution in [-0.2, 0) is 43.4 Å². The summed E-state index contributed by atoms with van der Waals surface area (Å²) in [5.41, 5.74) is 12.5. The minimum absolute atomic E-state index is 0.0188. The van der Waals surface area contributed by atoms with Gasteiger partial charge in [0.05, 0.1) is 22.2 Å². The van der Waals surface area contributed by atoms with E-state index in [4.69, 9.17) is 31.9 Å². The SMILES string of the molecule is CN(CC(=O)N[C@@H](CCC(=O)O)C(=O)O)Cc1cc2c(=O)[nH]c(N)nc2[nH]1.Nc1nc2[nH]c(CCCc3ccc(C(=O)N[C@@H](CCC(=O)O)C(=O)O)s3)cc2c(=O)[nH]1. The zero-order valence-electron chi connectivity index (χ0n) is 30.8. The van der Waals surface area contributed by atoms with Crippen molar-refractivity contribution in [2.24, 2.45) is 0 Å². The number of thiophene rings is 1. The second-order valence-corrected chi connectivity index (χ2v) is 14.2. The molecule has 2 atom stereocenters. The number of nitrogens with one attached hydrogen (secondary N) is 6. The van der Waals surface area contributed by atoms with Crippen molar-refractivity contribution in [2.75, 3.05) is 25.1 Å². The van der Waals surface area contributed by atoms with E-state index >= 15 is 0 Å². The van der Waals surface area contributed by atoms with Crippen molar-refractivity contribution in [1.29, 1.82) is 0 Å². The Morgan fingerprint density at radius 3 is 1.81 bits per heavy atom. The van der Waals surface area contributed by atoms with Gasteiger partial charge in [-0.2, -0.15) is 9.97 Å². The number of anilines is 2. The van der Waals surface area contributed by atoms with Gasteiger partial charge in [-0.15, -0.1) is 11.3 Å². The van der Waals surface area contributed by atoms with Crippen LogP contribution in [0.4, 0.5) is 11.9 Å². The van der Waals surface area contributed by atoms with Gasteiger partial charge in [0.2, 0.25) is 17.8 Å². The zero-order chi connectivity index (χ0) is 42.7. The molecule has 0 bridgehead atoms. The molecule has 0 aliphatic rings. The molecule has 0 aromatic carbocycles. The summed E-state index contributed by atoms with van der Waals surface area (Å²) in [5.74, 6) is -5.93. The van der Waals surface area contributed by atoms with Crippen molar-refractivity contribution in [1.82, 2.24) is 45.4 Å². The average molecular weight is 828 g/mol. The summed E-state index contributed by atoms with van der Waals surface area (Å²) in [6.07, 6.45) is 0.964. The number of aromatic nitrogens is 6. The molecule has 24 heteroatoms. The summed E-state index contributed by atoms with van der Waals surface area (Å²) in [6, 6.07) is 4.19. The van der Waals surface area contributed by atoms with Crippen molar-refractivity contribution >= 4 is 81.0 Å². The Balaban J connectivity index is 0.000000259. The van der Waals surface area contributed by atoms with Crippen LogP contribution in [0.2, 0.25) is 0 Å². The lowest BCUT2D eigenvalue weighted by Crippen LogP contribution is -2.45. The molecule has 5 rings (SSSR count). The highest BCUT2D eigenvalue weighted by molar-refractivity contribution is 7.14. The Morgan fingerprint density at radius 2 is 1.28 bits per heavy atom. The molecule has 23 nitrogen and oxygen atoms in total. The molecular formula is C34H41N11O12S. The number of aliphatic carboxylic acids is 4. The van der Waals surface area contributed by atoms with E-state index in [0.29, 0.717) is 45.5 Å². The number of nitrogens with zero attached hydrogens (tertiary/aromatic N) is 3. The monoisotopic (exact) mass is 827 g/mol. The molecular weight excluding hydrogens is 787 g/mol. The molecule has 0 spiro atoms. The van der Waals surface area contributed by atoms with E-state index in [1.54, 1.807) is 36.2 Å². The molecule has 0 saturated heterocycles. The number of amides is 2. The first-order valence-corrected chi connectivity index (χ1v) is 18.2. The van der Waals surface area contributed by atoms with Gasteiger partial charge in [-0.3, -0.25) is 43.6 Å². The van der Waals surface area contributed by atoms with Gasteiger partial charge in [0.1, 0.15) is 23.4 Å². The number of carboxylic acids is 4. The molecule has 5 aromatic rings. The van der Waals surface area contributed by atoms with Crippen molar-refractivity contribution in [3.63, 3.8) is 0 Å². The third kappa shape index (κ3) is 12.7. The van der Waals surface area contributed by atoms with Gasteiger partial charge in [0, 0.05) is 35.7 Å². The molecule has 2 amide bonds. The predicted octanol–water partition coefficient (Wildman–Crippen LogP) is -0.183. The summed E-state index contributed by atoms with van der Waals surface area (Å²) in [7, 11) is 1.63. The summed E-state index contributed by atoms with van der Waals surface area (Å²) in [6.45, 7) is 0.133. The number of hydrogen-bond donors (Lipinski definition) is 12. The zero-order valence-corrected chi connectivity index (χ0v) is 31.6. The predicted molar refractivity (Wildman–Crippen MR) is 207 cm³/mol. The van der Waals surface area contributed by atoms with Crippen LogP contribution in [0.5, 0.6) is 0 Å². The van der Waals surface area contributed by atoms with Crippen molar-refractivity contribution in [3.8, 4) is 0 Å². The van der Waals surface area contributed by atoms with E-state index in [-0.39, 0.29) is 61.8 Å². The van der Waals surface area contributed by atoms with Crippen molar-refractivity contribution in [2.45, 2.75) is 63.6 Å². The Morgan fingerprint density at radius 1 is 0.759 bits per heavy atom. The number of carboxylic acid groups (broad SMARTS) is 4. The van der Waals surface area contributed by atoms with Crippen LogP contribution in [0.3, 0.4) is 0 Å². The Bertz CT molecular complexity index is 2430. The molecule has 14 N–H and O–H groups in total. The molecule has 0 saturated carbocycles. The van der Waals surface area contributed by atoms with E-state index in [9.17, 15) is 38.4 Å². The van der Waals surface area contributed by atoms with Gasteiger partial charge in [-0.1, -0.05) is 0 Å². The molecule has 0 unspecified atom stereocenters. The number of aromatic amines is 4. The Labute approximate surface area is 329 Å². The fourth-order valence-corrected chi connectivity index (χ4v) is 6.55. The molecule has 58 heavy (non-hydrogen) atoms. The Hall–Kier alpha value is -7.08. The van der Waals surface area contributed by atoms with Gasteiger partial charge < -0.3 is 52.5 Å². The quantitative estimate of drug-likeness (QED) is 0.0513. The maximum absolute atomic E-state index is 12.3. The minimum atomic E-state index is -1.30. The van der Waals surface area contributed by atoms with Crippen LogP contribution in [0.15, 0.2) is 33.9 Å². The number of rotatable bonds is 19. The van der Waals surface area contributed by atoms with Gasteiger partial charge in [0.15, 0.2) is 0 Å². The number of likely N-dealkylation sites (N-methyl/N-ethyl adjacent to an activating group) is 1. The third-order valence-corrected chi connectivity index (χ3v) is 9.43. The number of H-pyrrole nitrogens is 4. The van der Waals surface area contributed by atoms with Crippen molar-refractivity contribution < 1.29 is 49.2 Å². The first-order chi connectivity index (χ1) is 27.4. The highest BCUT2D eigenvalue weighted by Crippen LogP contribution is 2.20. The molecule has 0 radical (unpaired) electrons. The largest absolute Gasteiger partial charge is 0.481 e. The van der Waals surface area contributed by atoms with E-state index in [0.717, 1.165) is 17.0 Å². The first-order valence-electron chi connectivity index (χ1n) is 17.4. The van der Waals surface area contributed by atoms with E-state index in [1.165, 1.54) is 11.3 Å². The van der Waals surface area contributed by atoms with Gasteiger partial charge >= 0.3 is 23.9 Å². The highest BCUT2D eigenvalue weighted by Gasteiger charge is 2.23. The molecule has 5 heterocycles. The van der Waals surface area contributed by atoms with Gasteiger partial charge in [-0.05, 0) is 63.4 Å². The summed E-state index contributed by atoms with van der Waals surface area (Å²) < 4.78 is 0. The van der Waals surface area contributed by atoms with Crippen LogP contribution in [0.1, 0.15) is 58.0 Å². The summed E-state index contributed by atoms with van der Waals surface area (Å²) in [4.78, 5) is 113. The van der Waals surface area contributed by atoms with Crippen molar-refractivity contribution in [3.05, 3.63) is 66.1 Å². The summed E-state index contributed by atoms with van der Waals surface area (Å²) in [5, 5.41) is 41.0. The number of carbonyl (C=O) groups is 6. The summed E-state index contributed by atoms with van der Waals surface area (Å²) >= 11 is 1.25. The van der Waals surface area contributed by atoms with E-state index in [2.05, 4.69) is 40.5 Å². The molecule has 310 valence electrons. The van der Waals surface area contributed by atoms with E-state index < -0.39 is 47.8 Å².